The van der Waals surface area contributed by atoms with Crippen LogP contribution in [0.25, 0.3) is 11.2 Å². The standard InChI is InChI=1S/C60H68N6O11.2ClH/c1-62-58-57(59(70)63(2)60(62)71)66(44-61-58)34-33-64(35-48(67)41-75-54-28-15-12-25-51(54)72-38-45-19-6-3-7-20-45)31-18-32-65(36-49(68)42-76-55-29-16-13-26-52(55)73-39-46-21-8-4-9-22-46)37-50(69)43-77-56-30-17-14-27-53(56)74-40-47-23-10-5-11-24-47;;/h3-17,19-30,44,48-50,67-69H,18,31-43H2,1-2H3;2*1H. The maximum Gasteiger partial charge on any atom is 0.332 e. The van der Waals surface area contributed by atoms with Crippen molar-refractivity contribution in [2.75, 3.05) is 59.1 Å². The second kappa shape index (κ2) is 31.3. The number of rotatable bonds is 31. The SMILES string of the molecule is Cl.Cl.Cn1c(=O)c2c(ncn2CCN(CCCN(CC(O)COc2ccccc2OCc2ccccc2)CC(O)COc2ccccc2OCc2ccccc2)CC(O)COc2ccccc2OCc2ccccc2)n(C)c1=O. The molecule has 3 N–H and O–H groups in total. The van der Waals surface area contributed by atoms with Crippen molar-refractivity contribution in [2.24, 2.45) is 14.1 Å². The Labute approximate surface area is 472 Å². The zero-order valence-corrected chi connectivity index (χ0v) is 46.0. The van der Waals surface area contributed by atoms with Crippen molar-refractivity contribution in [3.63, 3.8) is 0 Å². The number of hydrogen-bond acceptors (Lipinski definition) is 14. The van der Waals surface area contributed by atoms with Crippen LogP contribution in [-0.4, -0.2) is 121 Å². The normalized spacial score (nSPS) is 12.3. The first-order chi connectivity index (χ1) is 37.6. The molecule has 0 aliphatic carbocycles. The van der Waals surface area contributed by atoms with Crippen molar-refractivity contribution in [2.45, 2.75) is 51.1 Å². The number of nitrogens with zero attached hydrogens (tertiary/aromatic N) is 6. The molecule has 0 saturated heterocycles. The fourth-order valence-corrected chi connectivity index (χ4v) is 8.77. The highest BCUT2D eigenvalue weighted by atomic mass is 35.5. The van der Waals surface area contributed by atoms with Gasteiger partial charge in [-0.2, -0.15) is 0 Å². The predicted octanol–water partition coefficient (Wildman–Crippen LogP) is 7.33. The third kappa shape index (κ3) is 18.1. The molecule has 0 aliphatic rings. The number of hydrogen-bond donors (Lipinski definition) is 3. The molecule has 0 bridgehead atoms. The van der Waals surface area contributed by atoms with Crippen LogP contribution >= 0.6 is 24.8 Å². The van der Waals surface area contributed by atoms with Gasteiger partial charge in [-0.15, -0.1) is 24.8 Å². The quantitative estimate of drug-likeness (QED) is 0.0393. The highest BCUT2D eigenvalue weighted by molar-refractivity contribution is 5.85. The molecule has 2 heterocycles. The van der Waals surface area contributed by atoms with Gasteiger partial charge < -0.3 is 48.3 Å². The second-order valence-corrected chi connectivity index (χ2v) is 18.8. The minimum Gasteiger partial charge on any atom is -0.487 e. The van der Waals surface area contributed by atoms with E-state index in [-0.39, 0.29) is 69.9 Å². The Balaban J connectivity index is 0.00000504. The van der Waals surface area contributed by atoms with Crippen LogP contribution in [0.3, 0.4) is 0 Å². The van der Waals surface area contributed by atoms with Crippen LogP contribution in [0.15, 0.2) is 180 Å². The number of benzene rings is 6. The molecule has 8 rings (SSSR count). The van der Waals surface area contributed by atoms with Gasteiger partial charge in [0.2, 0.25) is 0 Å². The summed E-state index contributed by atoms with van der Waals surface area (Å²) in [7, 11) is 3.02. The molecule has 3 atom stereocenters. The van der Waals surface area contributed by atoms with Crippen molar-refractivity contribution in [3.8, 4) is 34.5 Å². The fraction of sp³-hybridized carbons (Fsp3) is 0.317. The van der Waals surface area contributed by atoms with E-state index in [9.17, 15) is 24.9 Å². The zero-order valence-electron chi connectivity index (χ0n) is 44.4. The van der Waals surface area contributed by atoms with Gasteiger partial charge in [0.15, 0.2) is 45.7 Å². The molecule has 3 unspecified atom stereocenters. The monoisotopic (exact) mass is 1120 g/mol. The third-order valence-electron chi connectivity index (χ3n) is 12.8. The summed E-state index contributed by atoms with van der Waals surface area (Å²) in [5, 5.41) is 34.7. The summed E-state index contributed by atoms with van der Waals surface area (Å²) in [5.74, 6) is 3.10. The largest absolute Gasteiger partial charge is 0.487 e. The van der Waals surface area contributed by atoms with E-state index in [1.165, 1.54) is 11.6 Å². The molecule has 0 aliphatic heterocycles. The number of aromatic nitrogens is 4. The van der Waals surface area contributed by atoms with E-state index in [1.807, 2.05) is 150 Å². The van der Waals surface area contributed by atoms with Crippen LogP contribution in [-0.2, 0) is 40.5 Å². The Kier molecular flexibility index (Phi) is 24.1. The van der Waals surface area contributed by atoms with Crippen LogP contribution in [0.4, 0.5) is 0 Å². The molecule has 8 aromatic rings. The van der Waals surface area contributed by atoms with Crippen LogP contribution < -0.4 is 39.7 Å². The summed E-state index contributed by atoms with van der Waals surface area (Å²) in [6.07, 6.45) is -0.803. The summed E-state index contributed by atoms with van der Waals surface area (Å²) < 4.78 is 41.0. The number of imidazole rings is 1. The number of para-hydroxylation sites is 6. The number of ether oxygens (including phenoxy) is 6. The summed E-state index contributed by atoms with van der Waals surface area (Å²) >= 11 is 0. The van der Waals surface area contributed by atoms with Crippen molar-refractivity contribution in [1.29, 1.82) is 0 Å². The Hall–Kier alpha value is -7.35. The van der Waals surface area contributed by atoms with Gasteiger partial charge in [-0.3, -0.25) is 23.7 Å². The average Bonchev–Trinajstić information content (AvgIpc) is 3.99. The maximum absolute atomic E-state index is 13.4. The van der Waals surface area contributed by atoms with E-state index in [0.717, 1.165) is 21.3 Å². The van der Waals surface area contributed by atoms with Crippen molar-refractivity contribution in [3.05, 3.63) is 208 Å². The maximum atomic E-state index is 13.4. The predicted molar refractivity (Wildman–Crippen MR) is 308 cm³/mol. The lowest BCUT2D eigenvalue weighted by Gasteiger charge is -2.30. The molecular formula is C60H70Cl2N6O11. The van der Waals surface area contributed by atoms with Crippen molar-refractivity contribution in [1.82, 2.24) is 28.5 Å². The van der Waals surface area contributed by atoms with Crippen molar-refractivity contribution < 1.29 is 43.7 Å². The lowest BCUT2D eigenvalue weighted by atomic mass is 10.2. The van der Waals surface area contributed by atoms with E-state index in [4.69, 9.17) is 28.4 Å². The molecule has 0 amide bonds. The number of aryl methyl sites for hydroxylation is 1. The zero-order chi connectivity index (χ0) is 53.8. The first kappa shape index (κ1) is 60.9. The van der Waals surface area contributed by atoms with Crippen LogP contribution in [0, 0.1) is 0 Å². The molecule has 17 nitrogen and oxygen atoms in total. The average molecular weight is 1120 g/mol. The Morgan fingerprint density at radius 2 is 0.797 bits per heavy atom. The Morgan fingerprint density at radius 1 is 0.456 bits per heavy atom. The highest BCUT2D eigenvalue weighted by Gasteiger charge is 2.22. The molecule has 0 radical (unpaired) electrons. The van der Waals surface area contributed by atoms with Gasteiger partial charge in [-0.25, -0.2) is 9.78 Å². The molecule has 79 heavy (non-hydrogen) atoms. The third-order valence-corrected chi connectivity index (χ3v) is 12.8. The van der Waals surface area contributed by atoms with E-state index >= 15 is 0 Å². The van der Waals surface area contributed by atoms with Gasteiger partial charge in [0.05, 0.1) is 6.33 Å². The van der Waals surface area contributed by atoms with Gasteiger partial charge in [0.25, 0.3) is 5.56 Å². The van der Waals surface area contributed by atoms with Crippen LogP contribution in [0.5, 0.6) is 34.5 Å². The number of aliphatic hydroxyl groups is 3. The van der Waals surface area contributed by atoms with E-state index in [0.29, 0.717) is 92.4 Å². The molecule has 420 valence electrons. The molecule has 0 saturated carbocycles. The fourth-order valence-electron chi connectivity index (χ4n) is 8.77. The summed E-state index contributed by atoms with van der Waals surface area (Å²) in [4.78, 5) is 34.6. The topological polar surface area (TPSA) is 184 Å². The Morgan fingerprint density at radius 3 is 1.19 bits per heavy atom. The first-order valence-electron chi connectivity index (χ1n) is 25.8. The summed E-state index contributed by atoms with van der Waals surface area (Å²) in [6, 6.07) is 51.5. The lowest BCUT2D eigenvalue weighted by molar-refractivity contribution is 0.0274. The van der Waals surface area contributed by atoms with E-state index in [1.54, 1.807) is 36.1 Å². The van der Waals surface area contributed by atoms with Gasteiger partial charge in [0.1, 0.15) is 58.0 Å². The van der Waals surface area contributed by atoms with Gasteiger partial charge >= 0.3 is 5.69 Å². The molecule has 19 heteroatoms. The summed E-state index contributed by atoms with van der Waals surface area (Å²) in [5.41, 5.74) is 2.65. The summed E-state index contributed by atoms with van der Waals surface area (Å²) in [6.45, 7) is 2.97. The lowest BCUT2D eigenvalue weighted by Crippen LogP contribution is -2.43. The van der Waals surface area contributed by atoms with E-state index in [2.05, 4.69) is 9.88 Å². The molecule has 6 aromatic carbocycles. The van der Waals surface area contributed by atoms with Crippen LogP contribution in [0.1, 0.15) is 23.1 Å². The minimum atomic E-state index is -0.972. The Bertz CT molecular complexity index is 3090. The van der Waals surface area contributed by atoms with Crippen molar-refractivity contribution >= 4 is 36.0 Å². The number of fused-ring (bicyclic) bond motifs is 1. The highest BCUT2D eigenvalue weighted by Crippen LogP contribution is 2.30. The number of aliphatic hydroxyl groups excluding tert-OH is 3. The van der Waals surface area contributed by atoms with Gasteiger partial charge in [-0.05, 0) is 72.6 Å². The second-order valence-electron chi connectivity index (χ2n) is 18.8. The van der Waals surface area contributed by atoms with E-state index < -0.39 is 29.6 Å². The number of halogens is 2. The minimum absolute atomic E-state index is 0. The van der Waals surface area contributed by atoms with Crippen LogP contribution in [0.2, 0.25) is 0 Å². The van der Waals surface area contributed by atoms with Gasteiger partial charge in [0, 0.05) is 46.8 Å². The smallest absolute Gasteiger partial charge is 0.332 e. The first-order valence-corrected chi connectivity index (χ1v) is 25.8. The molecule has 0 fully saturated rings. The molecule has 2 aromatic heterocycles. The molecule has 0 spiro atoms. The molecular weight excluding hydrogens is 1050 g/mol. The van der Waals surface area contributed by atoms with Gasteiger partial charge in [-0.1, -0.05) is 127 Å².